The van der Waals surface area contributed by atoms with Gasteiger partial charge in [-0.15, -0.1) is 11.8 Å². The highest BCUT2D eigenvalue weighted by atomic mass is 32.2. The monoisotopic (exact) mass is 659 g/mol. The van der Waals surface area contributed by atoms with Crippen LogP contribution >= 0.6 is 24.0 Å². The van der Waals surface area contributed by atoms with Gasteiger partial charge >= 0.3 is 5.97 Å². The zero-order valence-electron chi connectivity index (χ0n) is 26.4. The van der Waals surface area contributed by atoms with E-state index in [1.165, 1.54) is 5.56 Å². The number of nitrogens with one attached hydrogen (secondary N) is 1. The number of hydrogen-bond donors (Lipinski definition) is 1. The van der Waals surface area contributed by atoms with Crippen LogP contribution in [0.2, 0.25) is 0 Å². The lowest BCUT2D eigenvalue weighted by atomic mass is 10.1. The summed E-state index contributed by atoms with van der Waals surface area (Å²) in [6.45, 7) is 8.47. The highest BCUT2D eigenvalue weighted by Gasteiger charge is 2.44. The number of carbonyl (C=O) groups excluding carboxylic acids is 3. The zero-order chi connectivity index (χ0) is 32.5. The molecule has 0 aromatic heterocycles. The van der Waals surface area contributed by atoms with Crippen LogP contribution in [0.15, 0.2) is 83.8 Å². The molecule has 11 heteroatoms. The van der Waals surface area contributed by atoms with Crippen molar-refractivity contribution in [3.63, 3.8) is 0 Å². The SMILES string of the molecule is CCOC(=O)c1ccc(NC(=O)C[C@@H]2C(=O)N(c3cccc(SC)c3)C(=S)N2CCCN2CCN(Cc3ccccc3)CC2)cc1. The summed E-state index contributed by atoms with van der Waals surface area (Å²) < 4.78 is 5.04. The van der Waals surface area contributed by atoms with E-state index in [0.717, 1.165) is 50.6 Å². The van der Waals surface area contributed by atoms with Crippen LogP contribution in [-0.4, -0.2) is 95.8 Å². The molecule has 2 heterocycles. The fourth-order valence-electron chi connectivity index (χ4n) is 5.84. The van der Waals surface area contributed by atoms with E-state index in [2.05, 4.69) is 39.4 Å². The normalized spacial score (nSPS) is 17.4. The third-order valence-corrected chi connectivity index (χ3v) is 9.42. The molecule has 1 N–H and O–H groups in total. The van der Waals surface area contributed by atoms with Gasteiger partial charge in [-0.3, -0.25) is 19.4 Å². The van der Waals surface area contributed by atoms with Crippen molar-refractivity contribution in [3.8, 4) is 0 Å². The molecule has 2 amide bonds. The second kappa shape index (κ2) is 16.2. The fraction of sp³-hybridized carbons (Fsp3) is 0.371. The van der Waals surface area contributed by atoms with E-state index in [4.69, 9.17) is 17.0 Å². The third kappa shape index (κ3) is 8.52. The van der Waals surface area contributed by atoms with Gasteiger partial charge in [-0.05, 0) is 86.4 Å². The van der Waals surface area contributed by atoms with Crippen LogP contribution in [0.5, 0.6) is 0 Å². The van der Waals surface area contributed by atoms with Gasteiger partial charge in [0, 0.05) is 49.9 Å². The van der Waals surface area contributed by atoms with Crippen molar-refractivity contribution in [3.05, 3.63) is 90.0 Å². The van der Waals surface area contributed by atoms with Crippen LogP contribution in [0.3, 0.4) is 0 Å². The Kier molecular flexibility index (Phi) is 11.8. The van der Waals surface area contributed by atoms with Crippen LogP contribution in [-0.2, 0) is 20.9 Å². The molecular formula is C35H41N5O4S2. The van der Waals surface area contributed by atoms with Crippen LogP contribution in [0.4, 0.5) is 11.4 Å². The minimum absolute atomic E-state index is 0.0462. The Morgan fingerprint density at radius 2 is 1.65 bits per heavy atom. The molecule has 0 saturated carbocycles. The molecule has 242 valence electrons. The Morgan fingerprint density at radius 3 is 2.35 bits per heavy atom. The van der Waals surface area contributed by atoms with Gasteiger partial charge in [-0.1, -0.05) is 36.4 Å². The van der Waals surface area contributed by atoms with Crippen molar-refractivity contribution >= 4 is 58.3 Å². The first kappa shape index (κ1) is 33.6. The number of ether oxygens (including phenoxy) is 1. The number of carbonyl (C=O) groups is 3. The lowest BCUT2D eigenvalue weighted by molar-refractivity contribution is -0.124. The summed E-state index contributed by atoms with van der Waals surface area (Å²) in [5, 5.41) is 3.30. The second-order valence-corrected chi connectivity index (χ2v) is 12.6. The summed E-state index contributed by atoms with van der Waals surface area (Å²) >= 11 is 7.49. The van der Waals surface area contributed by atoms with E-state index >= 15 is 0 Å². The number of hydrogen-bond acceptors (Lipinski definition) is 8. The molecule has 0 aliphatic carbocycles. The quantitative estimate of drug-likeness (QED) is 0.153. The fourth-order valence-corrected chi connectivity index (χ4v) is 6.71. The summed E-state index contributed by atoms with van der Waals surface area (Å²) in [5.41, 5.74) is 2.98. The van der Waals surface area contributed by atoms with Gasteiger partial charge < -0.3 is 19.9 Å². The molecule has 3 aromatic carbocycles. The van der Waals surface area contributed by atoms with E-state index in [1.807, 2.05) is 41.5 Å². The Morgan fingerprint density at radius 1 is 0.935 bits per heavy atom. The predicted molar refractivity (Wildman–Crippen MR) is 187 cm³/mol. The smallest absolute Gasteiger partial charge is 0.338 e. The molecule has 2 aliphatic rings. The number of nitrogens with zero attached hydrogens (tertiary/aromatic N) is 4. The van der Waals surface area contributed by atoms with Gasteiger partial charge in [0.25, 0.3) is 5.91 Å². The van der Waals surface area contributed by atoms with Gasteiger partial charge in [0.15, 0.2) is 5.11 Å². The summed E-state index contributed by atoms with van der Waals surface area (Å²) in [6, 6.07) is 24.1. The van der Waals surface area contributed by atoms with Crippen molar-refractivity contribution in [1.29, 1.82) is 0 Å². The number of piperazine rings is 1. The van der Waals surface area contributed by atoms with E-state index in [9.17, 15) is 14.4 Å². The molecule has 1 atom stereocenters. The molecule has 0 bridgehead atoms. The molecule has 2 fully saturated rings. The molecule has 5 rings (SSSR count). The maximum Gasteiger partial charge on any atom is 0.338 e. The first-order valence-electron chi connectivity index (χ1n) is 15.7. The Balaban J connectivity index is 1.21. The zero-order valence-corrected chi connectivity index (χ0v) is 28.0. The number of amides is 2. The minimum atomic E-state index is -0.716. The van der Waals surface area contributed by atoms with Gasteiger partial charge in [0.1, 0.15) is 6.04 Å². The summed E-state index contributed by atoms with van der Waals surface area (Å²) in [7, 11) is 0. The highest BCUT2D eigenvalue weighted by Crippen LogP contribution is 2.30. The van der Waals surface area contributed by atoms with Crippen LogP contribution in [0.1, 0.15) is 35.7 Å². The lowest BCUT2D eigenvalue weighted by Gasteiger charge is -2.35. The van der Waals surface area contributed by atoms with Crippen molar-refractivity contribution in [1.82, 2.24) is 14.7 Å². The summed E-state index contributed by atoms with van der Waals surface area (Å²) in [6.07, 6.45) is 2.76. The Hall–Kier alpha value is -3.77. The first-order valence-corrected chi connectivity index (χ1v) is 17.3. The first-order chi connectivity index (χ1) is 22.4. The lowest BCUT2D eigenvalue weighted by Crippen LogP contribution is -2.47. The number of thioether (sulfide) groups is 1. The topological polar surface area (TPSA) is 85.4 Å². The Bertz CT molecular complexity index is 1510. The molecule has 2 saturated heterocycles. The summed E-state index contributed by atoms with van der Waals surface area (Å²) in [5.74, 6) is -0.921. The van der Waals surface area contributed by atoms with Gasteiger partial charge in [-0.25, -0.2) is 4.79 Å². The van der Waals surface area contributed by atoms with E-state index in [-0.39, 0.29) is 24.8 Å². The van der Waals surface area contributed by atoms with E-state index in [1.54, 1.807) is 47.9 Å². The van der Waals surface area contributed by atoms with Gasteiger partial charge in [0.05, 0.1) is 24.3 Å². The summed E-state index contributed by atoms with van der Waals surface area (Å²) in [4.78, 5) is 48.6. The van der Waals surface area contributed by atoms with E-state index in [0.29, 0.717) is 28.6 Å². The molecular weight excluding hydrogens is 619 g/mol. The molecule has 2 aliphatic heterocycles. The largest absolute Gasteiger partial charge is 0.462 e. The van der Waals surface area contributed by atoms with Crippen LogP contribution in [0.25, 0.3) is 0 Å². The number of thiocarbonyl (C=S) groups is 1. The van der Waals surface area contributed by atoms with Crippen LogP contribution < -0.4 is 10.2 Å². The van der Waals surface area contributed by atoms with Crippen LogP contribution in [0, 0.1) is 0 Å². The standard InChI is InChI=1S/C35H41N5O4S2/c1-3-44-34(43)27-13-15-28(16-14-27)36-32(41)24-31-33(42)40(29-11-7-12-30(23-29)46-2)35(45)39(31)18-8-17-37-19-21-38(22-20-37)25-26-9-5-4-6-10-26/h4-7,9-16,23,31H,3,8,17-22,24-25H2,1-2H3,(H,36,41)/t31-/m1/s1. The maximum absolute atomic E-state index is 13.9. The maximum atomic E-state index is 13.9. The number of esters is 1. The number of benzene rings is 3. The third-order valence-electron chi connectivity index (χ3n) is 8.28. The average Bonchev–Trinajstić information content (AvgIpc) is 3.30. The van der Waals surface area contributed by atoms with Gasteiger partial charge in [0.2, 0.25) is 5.91 Å². The van der Waals surface area contributed by atoms with Crippen molar-refractivity contribution < 1.29 is 19.1 Å². The highest BCUT2D eigenvalue weighted by molar-refractivity contribution is 7.98. The van der Waals surface area contributed by atoms with Crippen molar-refractivity contribution in [2.24, 2.45) is 0 Å². The Labute approximate surface area is 280 Å². The van der Waals surface area contributed by atoms with Crippen molar-refractivity contribution in [2.75, 3.05) is 62.3 Å². The number of anilines is 2. The van der Waals surface area contributed by atoms with Crippen molar-refractivity contribution in [2.45, 2.75) is 37.2 Å². The minimum Gasteiger partial charge on any atom is -0.462 e. The molecule has 46 heavy (non-hydrogen) atoms. The average molecular weight is 660 g/mol. The molecule has 0 radical (unpaired) electrons. The molecule has 0 unspecified atom stereocenters. The van der Waals surface area contributed by atoms with E-state index < -0.39 is 12.0 Å². The molecule has 0 spiro atoms. The second-order valence-electron chi connectivity index (χ2n) is 11.4. The van der Waals surface area contributed by atoms with Gasteiger partial charge in [-0.2, -0.15) is 0 Å². The number of rotatable bonds is 13. The molecule has 9 nitrogen and oxygen atoms in total. The predicted octanol–water partition coefficient (Wildman–Crippen LogP) is 5.12. The molecule has 3 aromatic rings.